The van der Waals surface area contributed by atoms with E-state index >= 15 is 0 Å². The molecule has 0 unspecified atom stereocenters. The molecule has 2 aromatic rings. The van der Waals surface area contributed by atoms with Crippen LogP contribution in [0.15, 0.2) is 47.4 Å². The fourth-order valence-electron chi connectivity index (χ4n) is 1.72. The first-order valence-corrected chi connectivity index (χ1v) is 7.06. The molecule has 100 valence electrons. The van der Waals surface area contributed by atoms with Crippen LogP contribution in [0.3, 0.4) is 0 Å². The largest absolute Gasteiger partial charge is 0.495 e. The zero-order valence-corrected chi connectivity index (χ0v) is 11.7. The number of ether oxygens (including phenoxy) is 2. The van der Waals surface area contributed by atoms with Crippen LogP contribution < -0.4 is 9.47 Å². The van der Waals surface area contributed by atoms with Crippen molar-refractivity contribution in [1.29, 1.82) is 0 Å². The lowest BCUT2D eigenvalue weighted by Gasteiger charge is -2.12. The molecule has 0 radical (unpaired) electrons. The van der Waals surface area contributed by atoms with Gasteiger partial charge in [-0.1, -0.05) is 30.3 Å². The second kappa shape index (κ2) is 6.48. The number of rotatable bonds is 5. The Kier molecular flexibility index (Phi) is 4.68. The van der Waals surface area contributed by atoms with E-state index in [1.54, 1.807) is 12.1 Å². The molecule has 0 atom stereocenters. The van der Waals surface area contributed by atoms with E-state index in [4.69, 9.17) is 9.47 Å². The van der Waals surface area contributed by atoms with Gasteiger partial charge in [-0.05, 0) is 24.0 Å². The zero-order chi connectivity index (χ0) is 13.7. The summed E-state index contributed by atoms with van der Waals surface area (Å²) in [5, 5.41) is 0. The van der Waals surface area contributed by atoms with Crippen molar-refractivity contribution in [3.8, 4) is 11.5 Å². The minimum absolute atomic E-state index is 0.244. The van der Waals surface area contributed by atoms with Crippen molar-refractivity contribution in [3.05, 3.63) is 53.8 Å². The van der Waals surface area contributed by atoms with Crippen molar-refractivity contribution in [2.45, 2.75) is 11.5 Å². The Bertz CT molecular complexity index is 543. The molecule has 4 heteroatoms. The van der Waals surface area contributed by atoms with Crippen molar-refractivity contribution in [1.82, 2.24) is 0 Å². The van der Waals surface area contributed by atoms with E-state index in [0.717, 1.165) is 5.56 Å². The van der Waals surface area contributed by atoms with Crippen LogP contribution in [-0.4, -0.2) is 13.4 Å². The number of hydrogen-bond acceptors (Lipinski definition) is 3. The van der Waals surface area contributed by atoms with Crippen molar-refractivity contribution < 1.29 is 13.9 Å². The first-order valence-electron chi connectivity index (χ1n) is 5.83. The van der Waals surface area contributed by atoms with Gasteiger partial charge in [-0.15, -0.1) is 11.8 Å². The van der Waals surface area contributed by atoms with Crippen LogP contribution >= 0.6 is 11.8 Å². The fourth-order valence-corrected chi connectivity index (χ4v) is 2.35. The van der Waals surface area contributed by atoms with Crippen LogP contribution in [0.25, 0.3) is 0 Å². The van der Waals surface area contributed by atoms with Gasteiger partial charge in [0.1, 0.15) is 12.4 Å². The first kappa shape index (κ1) is 13.7. The summed E-state index contributed by atoms with van der Waals surface area (Å²) in [5.74, 6) is 0.397. The van der Waals surface area contributed by atoms with Crippen molar-refractivity contribution in [2.75, 3.05) is 13.4 Å². The fraction of sp³-hybridized carbons (Fsp3) is 0.200. The van der Waals surface area contributed by atoms with Crippen LogP contribution in [-0.2, 0) is 6.61 Å². The Morgan fingerprint density at radius 3 is 2.37 bits per heavy atom. The molecule has 0 spiro atoms. The Morgan fingerprint density at radius 1 is 1.05 bits per heavy atom. The second-order valence-electron chi connectivity index (χ2n) is 3.89. The molecule has 0 aliphatic rings. The Hall–Kier alpha value is -1.68. The highest BCUT2D eigenvalue weighted by molar-refractivity contribution is 7.98. The van der Waals surface area contributed by atoms with E-state index in [0.29, 0.717) is 17.3 Å². The normalized spacial score (nSPS) is 10.3. The average molecular weight is 278 g/mol. The highest BCUT2D eigenvalue weighted by Crippen LogP contribution is 2.35. The molecular formula is C15H15FO2S. The van der Waals surface area contributed by atoms with Crippen LogP contribution in [0.1, 0.15) is 5.56 Å². The zero-order valence-electron chi connectivity index (χ0n) is 10.9. The third kappa shape index (κ3) is 3.20. The van der Waals surface area contributed by atoms with Gasteiger partial charge >= 0.3 is 0 Å². The van der Waals surface area contributed by atoms with Gasteiger partial charge in [0.15, 0.2) is 11.6 Å². The minimum atomic E-state index is -0.372. The van der Waals surface area contributed by atoms with Crippen molar-refractivity contribution in [3.63, 3.8) is 0 Å². The van der Waals surface area contributed by atoms with E-state index in [-0.39, 0.29) is 11.6 Å². The summed E-state index contributed by atoms with van der Waals surface area (Å²) >= 11 is 1.30. The van der Waals surface area contributed by atoms with Crippen LogP contribution in [0.2, 0.25) is 0 Å². The second-order valence-corrected chi connectivity index (χ2v) is 4.70. The Morgan fingerprint density at radius 2 is 1.74 bits per heavy atom. The lowest BCUT2D eigenvalue weighted by molar-refractivity contribution is 0.285. The summed E-state index contributed by atoms with van der Waals surface area (Å²) in [6.45, 7) is 0.345. The van der Waals surface area contributed by atoms with E-state index in [9.17, 15) is 4.39 Å². The molecular weight excluding hydrogens is 263 g/mol. The van der Waals surface area contributed by atoms with Gasteiger partial charge in [-0.3, -0.25) is 0 Å². The monoisotopic (exact) mass is 278 g/mol. The molecule has 0 saturated heterocycles. The summed E-state index contributed by atoms with van der Waals surface area (Å²) in [6.07, 6.45) is 1.81. The van der Waals surface area contributed by atoms with Gasteiger partial charge in [-0.25, -0.2) is 4.39 Å². The van der Waals surface area contributed by atoms with Gasteiger partial charge < -0.3 is 9.47 Å². The molecule has 0 amide bonds. The van der Waals surface area contributed by atoms with Crippen LogP contribution in [0.5, 0.6) is 11.5 Å². The summed E-state index contributed by atoms with van der Waals surface area (Å²) in [6, 6.07) is 13.0. The Balaban J connectivity index is 2.17. The standard InChI is InChI=1S/C15H15FO2S/c1-17-13-9-8-12(14(16)15(13)19-2)18-10-11-6-4-3-5-7-11/h3-9H,10H2,1-2H3. The lowest BCUT2D eigenvalue weighted by Crippen LogP contribution is -1.99. The molecule has 0 heterocycles. The molecule has 0 aromatic heterocycles. The number of halogens is 1. The smallest absolute Gasteiger partial charge is 0.182 e. The van der Waals surface area contributed by atoms with Gasteiger partial charge in [-0.2, -0.15) is 0 Å². The highest BCUT2D eigenvalue weighted by atomic mass is 32.2. The summed E-state index contributed by atoms with van der Waals surface area (Å²) in [5.41, 5.74) is 1.00. The lowest BCUT2D eigenvalue weighted by atomic mass is 10.2. The number of methoxy groups -OCH3 is 1. The van der Waals surface area contributed by atoms with Crippen molar-refractivity contribution in [2.24, 2.45) is 0 Å². The quantitative estimate of drug-likeness (QED) is 0.766. The average Bonchev–Trinajstić information content (AvgIpc) is 2.46. The Labute approximate surface area is 116 Å². The molecule has 0 saturated carbocycles. The third-order valence-corrected chi connectivity index (χ3v) is 3.48. The molecule has 2 rings (SSSR count). The van der Waals surface area contributed by atoms with E-state index in [2.05, 4.69) is 0 Å². The molecule has 0 N–H and O–H groups in total. The predicted octanol–water partition coefficient (Wildman–Crippen LogP) is 4.14. The van der Waals surface area contributed by atoms with Crippen molar-refractivity contribution >= 4 is 11.8 Å². The minimum Gasteiger partial charge on any atom is -0.495 e. The maximum absolute atomic E-state index is 14.2. The van der Waals surface area contributed by atoms with E-state index in [1.165, 1.54) is 18.9 Å². The third-order valence-electron chi connectivity index (χ3n) is 2.69. The SMILES string of the molecule is COc1ccc(OCc2ccccc2)c(F)c1SC. The molecule has 0 fully saturated rings. The number of hydrogen-bond donors (Lipinski definition) is 0. The van der Waals surface area contributed by atoms with Crippen LogP contribution in [0, 0.1) is 5.82 Å². The van der Waals surface area contributed by atoms with Gasteiger partial charge in [0, 0.05) is 0 Å². The summed E-state index contributed by atoms with van der Waals surface area (Å²) < 4.78 is 24.8. The van der Waals surface area contributed by atoms with E-state index in [1.807, 2.05) is 36.6 Å². The molecule has 0 aliphatic carbocycles. The summed E-state index contributed by atoms with van der Waals surface area (Å²) in [4.78, 5) is 0.466. The molecule has 2 aromatic carbocycles. The van der Waals surface area contributed by atoms with E-state index < -0.39 is 0 Å². The molecule has 0 aliphatic heterocycles. The number of benzene rings is 2. The van der Waals surface area contributed by atoms with Gasteiger partial charge in [0.25, 0.3) is 0 Å². The van der Waals surface area contributed by atoms with Crippen LogP contribution in [0.4, 0.5) is 4.39 Å². The highest BCUT2D eigenvalue weighted by Gasteiger charge is 2.14. The van der Waals surface area contributed by atoms with Gasteiger partial charge in [0.2, 0.25) is 0 Å². The van der Waals surface area contributed by atoms with Gasteiger partial charge in [0.05, 0.1) is 12.0 Å². The maximum atomic E-state index is 14.2. The first-order chi connectivity index (χ1) is 9.26. The maximum Gasteiger partial charge on any atom is 0.182 e. The predicted molar refractivity (Wildman–Crippen MR) is 75.5 cm³/mol. The molecule has 2 nitrogen and oxygen atoms in total. The topological polar surface area (TPSA) is 18.5 Å². The molecule has 0 bridgehead atoms. The number of thioether (sulfide) groups is 1. The molecule has 19 heavy (non-hydrogen) atoms. The summed E-state index contributed by atoms with van der Waals surface area (Å²) in [7, 11) is 1.53.